The van der Waals surface area contributed by atoms with E-state index in [0.717, 1.165) is 17.6 Å². The summed E-state index contributed by atoms with van der Waals surface area (Å²) in [4.78, 5) is 11.6. The van der Waals surface area contributed by atoms with Crippen LogP contribution in [-0.4, -0.2) is 25.1 Å². The average molecular weight is 405 g/mol. The molecule has 2 N–H and O–H groups in total. The molecule has 2 rings (SSSR count). The van der Waals surface area contributed by atoms with Crippen molar-refractivity contribution in [3.05, 3.63) is 71.6 Å². The Balaban J connectivity index is 0.000000307. The minimum atomic E-state index is -4.02. The van der Waals surface area contributed by atoms with E-state index in [9.17, 15) is 13.2 Å². The van der Waals surface area contributed by atoms with Crippen LogP contribution >= 0.6 is 0 Å². The van der Waals surface area contributed by atoms with Gasteiger partial charge in [-0.2, -0.15) is 13.5 Å². The third-order valence-electron chi connectivity index (χ3n) is 3.48. The van der Waals surface area contributed by atoms with Gasteiger partial charge in [0, 0.05) is 12.3 Å². The number of rotatable bonds is 5. The first kappa shape index (κ1) is 23.2. The van der Waals surface area contributed by atoms with E-state index < -0.39 is 10.1 Å². The summed E-state index contributed by atoms with van der Waals surface area (Å²) in [6, 6.07) is 9.56. The monoisotopic (exact) mass is 404 g/mol. The smallest absolute Gasteiger partial charge is 0.282 e. The highest BCUT2D eigenvalue weighted by Gasteiger charge is 2.07. The van der Waals surface area contributed by atoms with E-state index in [1.54, 1.807) is 30.6 Å². The molecule has 1 heterocycles. The Labute approximate surface area is 166 Å². The number of nitrogens with zero attached hydrogens (tertiary/aromatic N) is 2. The van der Waals surface area contributed by atoms with Crippen LogP contribution in [0, 0.1) is 6.92 Å². The van der Waals surface area contributed by atoms with Gasteiger partial charge in [0.05, 0.1) is 4.90 Å². The molecule has 0 unspecified atom stereocenters. The van der Waals surface area contributed by atoms with Crippen LogP contribution < -0.4 is 9.99 Å². The minimum Gasteiger partial charge on any atom is -0.282 e. The van der Waals surface area contributed by atoms with Crippen molar-refractivity contribution < 1.29 is 22.3 Å². The van der Waals surface area contributed by atoms with Gasteiger partial charge in [-0.05, 0) is 44.0 Å². The van der Waals surface area contributed by atoms with Crippen LogP contribution in [0.25, 0.3) is 0 Å². The van der Waals surface area contributed by atoms with Crippen molar-refractivity contribution in [2.75, 3.05) is 0 Å². The van der Waals surface area contributed by atoms with Crippen LogP contribution in [0.15, 0.2) is 70.4 Å². The Kier molecular flexibility index (Phi) is 9.20. The summed E-state index contributed by atoms with van der Waals surface area (Å²) in [5.74, 6) is -0.207. The third kappa shape index (κ3) is 8.70. The summed E-state index contributed by atoms with van der Waals surface area (Å²) in [6.45, 7) is 5.84. The fourth-order valence-electron chi connectivity index (χ4n) is 2.06. The summed E-state index contributed by atoms with van der Waals surface area (Å²) >= 11 is 0. The summed E-state index contributed by atoms with van der Waals surface area (Å²) in [7, 11) is -2.15. The number of hydrogen-bond acceptors (Lipinski definition) is 4. The highest BCUT2D eigenvalue weighted by Crippen LogP contribution is 2.08. The quantitative estimate of drug-likeness (QED) is 0.346. The Morgan fingerprint density at radius 3 is 2.43 bits per heavy atom. The van der Waals surface area contributed by atoms with E-state index in [2.05, 4.69) is 17.5 Å². The molecule has 0 saturated heterocycles. The predicted molar refractivity (Wildman–Crippen MR) is 109 cm³/mol. The van der Waals surface area contributed by atoms with Gasteiger partial charge in [0.25, 0.3) is 16.0 Å². The molecule has 8 heteroatoms. The first-order chi connectivity index (χ1) is 13.1. The van der Waals surface area contributed by atoms with Gasteiger partial charge in [-0.25, -0.2) is 9.99 Å². The number of amides is 1. The molecule has 28 heavy (non-hydrogen) atoms. The largest absolute Gasteiger partial charge is 0.294 e. The number of carbonyl (C=O) groups excluding carboxylic acids is 1. The van der Waals surface area contributed by atoms with Crippen molar-refractivity contribution in [1.29, 1.82) is 0 Å². The van der Waals surface area contributed by atoms with Gasteiger partial charge in [-0.3, -0.25) is 9.35 Å². The second kappa shape index (κ2) is 11.1. The summed E-state index contributed by atoms with van der Waals surface area (Å²) < 4.78 is 31.4. The molecule has 7 nitrogen and oxygen atoms in total. The van der Waals surface area contributed by atoms with Gasteiger partial charge < -0.3 is 0 Å². The number of aromatic nitrogens is 1. The van der Waals surface area contributed by atoms with Gasteiger partial charge in [0.2, 0.25) is 0 Å². The summed E-state index contributed by atoms with van der Waals surface area (Å²) in [5, 5.41) is 3.89. The highest BCUT2D eigenvalue weighted by atomic mass is 32.2. The Bertz CT molecular complexity index is 950. The van der Waals surface area contributed by atoms with Crippen LogP contribution in [0.3, 0.4) is 0 Å². The van der Waals surface area contributed by atoms with Crippen LogP contribution in [0.5, 0.6) is 0 Å². The van der Waals surface area contributed by atoms with Crippen molar-refractivity contribution in [3.8, 4) is 0 Å². The second-order valence-electron chi connectivity index (χ2n) is 6.10. The molecule has 1 aromatic carbocycles. The number of aryl methyl sites for hydroxylation is 2. The number of allylic oxidation sites excluding steroid dienone is 2. The first-order valence-corrected chi connectivity index (χ1v) is 10.1. The Hall–Kier alpha value is -2.84. The number of nitrogens with one attached hydrogen (secondary N) is 1. The first-order valence-electron chi connectivity index (χ1n) is 8.63. The predicted octanol–water partition coefficient (Wildman–Crippen LogP) is 2.82. The van der Waals surface area contributed by atoms with Gasteiger partial charge >= 0.3 is 0 Å². The zero-order chi connectivity index (χ0) is 21.2. The molecule has 0 radical (unpaired) electrons. The zero-order valence-electron chi connectivity index (χ0n) is 16.5. The normalized spacial score (nSPS) is 11.7. The molecule has 0 fully saturated rings. The molecule has 0 aliphatic heterocycles. The van der Waals surface area contributed by atoms with Gasteiger partial charge in [-0.15, -0.1) is 0 Å². The van der Waals surface area contributed by atoms with Crippen molar-refractivity contribution >= 4 is 22.2 Å². The SMILES string of the molecule is CC/C=C(C)/C=N/NC(=O)c1ccc[n+](C)c1.Cc1ccc(S(=O)(=O)O)cc1. The maximum absolute atomic E-state index is 11.7. The van der Waals surface area contributed by atoms with E-state index in [0.29, 0.717) is 5.56 Å². The molecule has 1 amide bonds. The van der Waals surface area contributed by atoms with Gasteiger partial charge in [-0.1, -0.05) is 30.7 Å². The van der Waals surface area contributed by atoms with Gasteiger partial charge in [0.15, 0.2) is 12.4 Å². The lowest BCUT2D eigenvalue weighted by atomic mass is 10.2. The van der Waals surface area contributed by atoms with Crippen molar-refractivity contribution in [2.45, 2.75) is 32.1 Å². The van der Waals surface area contributed by atoms with Crippen LogP contribution in [-0.2, 0) is 17.2 Å². The molecule has 0 saturated carbocycles. The topological polar surface area (TPSA) is 99.7 Å². The standard InChI is InChI=1S/C13H17N3O.C7H8O3S/c1-4-6-11(2)9-14-15-13(17)12-7-5-8-16(3)10-12;1-6-2-4-7(5-3-6)11(8,9)10/h5-10H,4H2,1-3H3;2-5H,1H3,(H,8,9,10)/p+1/b11-6+,14-9+;. The van der Waals surface area contributed by atoms with E-state index in [1.807, 2.05) is 43.8 Å². The van der Waals surface area contributed by atoms with E-state index in [1.165, 1.54) is 12.1 Å². The van der Waals surface area contributed by atoms with E-state index in [-0.39, 0.29) is 10.8 Å². The van der Waals surface area contributed by atoms with Crippen molar-refractivity contribution in [1.82, 2.24) is 5.43 Å². The average Bonchev–Trinajstić information content (AvgIpc) is 2.62. The van der Waals surface area contributed by atoms with Crippen molar-refractivity contribution in [2.24, 2.45) is 12.1 Å². The maximum atomic E-state index is 11.7. The maximum Gasteiger partial charge on any atom is 0.294 e. The molecule has 150 valence electrons. The molecule has 0 aliphatic rings. The molecule has 2 aromatic rings. The Morgan fingerprint density at radius 2 is 1.89 bits per heavy atom. The van der Waals surface area contributed by atoms with Gasteiger partial charge in [0.1, 0.15) is 12.6 Å². The zero-order valence-corrected chi connectivity index (χ0v) is 17.3. The fraction of sp³-hybridized carbons (Fsp3) is 0.250. The summed E-state index contributed by atoms with van der Waals surface area (Å²) in [6.07, 6.45) is 8.26. The molecule has 0 bridgehead atoms. The third-order valence-corrected chi connectivity index (χ3v) is 4.35. The number of benzene rings is 1. The lowest BCUT2D eigenvalue weighted by Crippen LogP contribution is -2.29. The van der Waals surface area contributed by atoms with Crippen LogP contribution in [0.4, 0.5) is 0 Å². The molecule has 1 aromatic heterocycles. The van der Waals surface area contributed by atoms with Crippen molar-refractivity contribution in [3.63, 3.8) is 0 Å². The second-order valence-corrected chi connectivity index (χ2v) is 7.52. The fourth-order valence-corrected chi connectivity index (χ4v) is 2.54. The number of hydrogen-bond donors (Lipinski definition) is 2. The molecule has 0 aliphatic carbocycles. The lowest BCUT2D eigenvalue weighted by Gasteiger charge is -1.97. The van der Waals surface area contributed by atoms with E-state index in [4.69, 9.17) is 4.55 Å². The minimum absolute atomic E-state index is 0.0666. The molecular weight excluding hydrogens is 378 g/mol. The van der Waals surface area contributed by atoms with Crippen LogP contribution in [0.1, 0.15) is 36.2 Å². The lowest BCUT2D eigenvalue weighted by molar-refractivity contribution is -0.671. The highest BCUT2D eigenvalue weighted by molar-refractivity contribution is 7.85. The Morgan fingerprint density at radius 1 is 1.25 bits per heavy atom. The van der Waals surface area contributed by atoms with E-state index >= 15 is 0 Å². The molecule has 0 atom stereocenters. The van der Waals surface area contributed by atoms with Crippen LogP contribution in [0.2, 0.25) is 0 Å². The summed E-state index contributed by atoms with van der Waals surface area (Å²) in [5.41, 5.74) is 5.07. The number of carbonyl (C=O) groups is 1. The molecular formula is C20H26N3O4S+. The number of pyridine rings is 1. The number of hydrazone groups is 1. The molecule has 0 spiro atoms.